The van der Waals surface area contributed by atoms with Crippen LogP contribution in [0.1, 0.15) is 19.3 Å². The summed E-state index contributed by atoms with van der Waals surface area (Å²) in [4.78, 5) is 22.2. The highest BCUT2D eigenvalue weighted by molar-refractivity contribution is 8.17. The molecule has 1 aliphatic carbocycles. The van der Waals surface area contributed by atoms with Crippen molar-refractivity contribution in [3.63, 3.8) is 0 Å². The lowest BCUT2D eigenvalue weighted by Gasteiger charge is -2.31. The molecule has 0 aromatic rings. The fourth-order valence-electron chi connectivity index (χ4n) is 2.66. The Hall–Kier alpha value is -0.460. The third-order valence-corrected chi connectivity index (χ3v) is 6.78. The van der Waals surface area contributed by atoms with Gasteiger partial charge >= 0.3 is 5.97 Å². The van der Waals surface area contributed by atoms with Gasteiger partial charge in [-0.3, -0.25) is 4.79 Å². The van der Waals surface area contributed by atoms with Gasteiger partial charge in [0.05, 0.1) is 10.7 Å². The fraction of sp³-hybridized carbons (Fsp3) is 0.692. The maximum Gasteiger partial charge on any atom is 0.328 e. The molecule has 2 N–H and O–H groups in total. The first-order valence-electron chi connectivity index (χ1n) is 6.42. The summed E-state index contributed by atoms with van der Waals surface area (Å²) in [6.45, 7) is 0. The van der Waals surface area contributed by atoms with Crippen molar-refractivity contribution in [2.75, 3.05) is 11.5 Å². The minimum Gasteiger partial charge on any atom is -0.478 e. The SMILES string of the molecule is O=C(O)/C=C\[C@@H](O)[C@@H]1CC(=O)C[C@H]1C1SCCCS1. The van der Waals surface area contributed by atoms with E-state index >= 15 is 0 Å². The lowest BCUT2D eigenvalue weighted by molar-refractivity contribution is -0.131. The van der Waals surface area contributed by atoms with Crippen molar-refractivity contribution >= 4 is 35.3 Å². The molecule has 0 spiro atoms. The number of carboxylic acid groups (broad SMARTS) is 1. The average molecular weight is 302 g/mol. The van der Waals surface area contributed by atoms with Crippen LogP contribution in [0.15, 0.2) is 12.2 Å². The molecule has 2 aliphatic rings. The Kier molecular flexibility index (Phi) is 5.36. The molecule has 3 atom stereocenters. The van der Waals surface area contributed by atoms with Crippen molar-refractivity contribution in [3.8, 4) is 0 Å². The predicted molar refractivity (Wildman–Crippen MR) is 77.3 cm³/mol. The molecule has 0 unspecified atom stereocenters. The third-order valence-electron chi connectivity index (χ3n) is 3.55. The van der Waals surface area contributed by atoms with Crippen LogP contribution in [-0.2, 0) is 9.59 Å². The number of Topliss-reactive ketones (excluding diaryl/α,β-unsaturated/α-hetero) is 1. The molecule has 0 amide bonds. The van der Waals surface area contributed by atoms with E-state index in [1.165, 1.54) is 12.5 Å². The fourth-order valence-corrected chi connectivity index (χ4v) is 5.98. The molecule has 6 heteroatoms. The normalized spacial score (nSPS) is 30.9. The predicted octanol–water partition coefficient (Wildman–Crippen LogP) is 1.78. The van der Waals surface area contributed by atoms with Crippen LogP contribution in [0.25, 0.3) is 0 Å². The third kappa shape index (κ3) is 4.00. The number of rotatable bonds is 4. The smallest absolute Gasteiger partial charge is 0.328 e. The van der Waals surface area contributed by atoms with Gasteiger partial charge in [-0.05, 0) is 29.9 Å². The van der Waals surface area contributed by atoms with E-state index in [2.05, 4.69) is 0 Å². The second kappa shape index (κ2) is 6.81. The van der Waals surface area contributed by atoms with Crippen LogP contribution in [0.5, 0.6) is 0 Å². The number of aliphatic hydroxyl groups excluding tert-OH is 1. The van der Waals surface area contributed by atoms with Crippen molar-refractivity contribution in [1.29, 1.82) is 0 Å². The first kappa shape index (κ1) is 14.9. The lowest BCUT2D eigenvalue weighted by Crippen LogP contribution is -2.29. The summed E-state index contributed by atoms with van der Waals surface area (Å²) in [6.07, 6.45) is 3.51. The molecule has 19 heavy (non-hydrogen) atoms. The average Bonchev–Trinajstić information content (AvgIpc) is 2.79. The zero-order valence-electron chi connectivity index (χ0n) is 10.5. The van der Waals surface area contributed by atoms with E-state index in [4.69, 9.17) is 5.11 Å². The van der Waals surface area contributed by atoms with Gasteiger partial charge in [0.1, 0.15) is 5.78 Å². The van der Waals surface area contributed by atoms with Gasteiger partial charge in [-0.15, -0.1) is 23.5 Å². The van der Waals surface area contributed by atoms with Crippen molar-refractivity contribution in [3.05, 3.63) is 12.2 Å². The van der Waals surface area contributed by atoms with E-state index in [9.17, 15) is 14.7 Å². The number of carbonyl (C=O) groups is 2. The lowest BCUT2D eigenvalue weighted by atomic mass is 9.91. The van der Waals surface area contributed by atoms with E-state index in [0.29, 0.717) is 17.4 Å². The minimum absolute atomic E-state index is 0.133. The van der Waals surface area contributed by atoms with Crippen molar-refractivity contribution in [1.82, 2.24) is 0 Å². The molecule has 0 bridgehead atoms. The number of ketones is 1. The Labute approximate surface area is 121 Å². The highest BCUT2D eigenvalue weighted by atomic mass is 32.2. The Morgan fingerprint density at radius 1 is 1.32 bits per heavy atom. The molecule has 2 fully saturated rings. The minimum atomic E-state index is -1.07. The van der Waals surface area contributed by atoms with E-state index in [0.717, 1.165) is 17.6 Å². The second-order valence-electron chi connectivity index (χ2n) is 4.93. The van der Waals surface area contributed by atoms with Gasteiger partial charge in [-0.1, -0.05) is 0 Å². The molecule has 1 saturated carbocycles. The zero-order chi connectivity index (χ0) is 13.8. The van der Waals surface area contributed by atoms with Crippen LogP contribution in [0.4, 0.5) is 0 Å². The van der Waals surface area contributed by atoms with Crippen LogP contribution in [0.3, 0.4) is 0 Å². The standard InChI is InChI=1S/C13H18O4S2/c14-8-6-9(11(15)2-3-12(16)17)10(7-8)13-18-4-1-5-19-13/h2-3,9-11,13,15H,1,4-7H2,(H,16,17)/b3-2-/t9-,10-,11-/m1/s1. The maximum absolute atomic E-state index is 11.7. The summed E-state index contributed by atoms with van der Waals surface area (Å²) in [6, 6.07) is 0. The molecule has 1 saturated heterocycles. The molecule has 0 aromatic heterocycles. The van der Waals surface area contributed by atoms with Gasteiger partial charge in [0.2, 0.25) is 0 Å². The van der Waals surface area contributed by atoms with Crippen molar-refractivity contribution in [2.24, 2.45) is 11.8 Å². The number of carboxylic acids is 1. The Morgan fingerprint density at radius 3 is 2.63 bits per heavy atom. The monoisotopic (exact) mass is 302 g/mol. The summed E-state index contributed by atoms with van der Waals surface area (Å²) in [7, 11) is 0. The Morgan fingerprint density at radius 2 is 2.00 bits per heavy atom. The van der Waals surface area contributed by atoms with Gasteiger partial charge in [-0.25, -0.2) is 4.79 Å². The highest BCUT2D eigenvalue weighted by Crippen LogP contribution is 2.45. The van der Waals surface area contributed by atoms with E-state index in [1.54, 1.807) is 0 Å². The first-order chi connectivity index (χ1) is 9.08. The van der Waals surface area contributed by atoms with Gasteiger partial charge < -0.3 is 10.2 Å². The number of carbonyl (C=O) groups excluding carboxylic acids is 1. The van der Waals surface area contributed by atoms with Crippen LogP contribution in [0, 0.1) is 11.8 Å². The number of hydrogen-bond donors (Lipinski definition) is 2. The molecule has 0 radical (unpaired) electrons. The first-order valence-corrected chi connectivity index (χ1v) is 8.52. The molecule has 1 aliphatic heterocycles. The topological polar surface area (TPSA) is 74.6 Å². The Bertz CT molecular complexity index is 377. The molecule has 4 nitrogen and oxygen atoms in total. The quantitative estimate of drug-likeness (QED) is 0.771. The molecule has 2 rings (SSSR count). The van der Waals surface area contributed by atoms with Crippen LogP contribution in [-0.4, -0.2) is 44.2 Å². The number of hydrogen-bond acceptors (Lipinski definition) is 5. The number of aliphatic hydroxyl groups is 1. The highest BCUT2D eigenvalue weighted by Gasteiger charge is 2.41. The van der Waals surface area contributed by atoms with Gasteiger partial charge in [0.25, 0.3) is 0 Å². The van der Waals surface area contributed by atoms with E-state index < -0.39 is 12.1 Å². The molecule has 106 valence electrons. The van der Waals surface area contributed by atoms with Crippen LogP contribution < -0.4 is 0 Å². The summed E-state index contributed by atoms with van der Waals surface area (Å²) >= 11 is 3.73. The number of thioether (sulfide) groups is 2. The van der Waals surface area contributed by atoms with E-state index in [1.807, 2.05) is 23.5 Å². The molecular weight excluding hydrogens is 284 g/mol. The van der Waals surface area contributed by atoms with Gasteiger partial charge in [0.15, 0.2) is 0 Å². The second-order valence-corrected chi connectivity index (χ2v) is 7.72. The van der Waals surface area contributed by atoms with Gasteiger partial charge in [0, 0.05) is 24.8 Å². The van der Waals surface area contributed by atoms with Gasteiger partial charge in [-0.2, -0.15) is 0 Å². The Balaban J connectivity index is 2.03. The summed E-state index contributed by atoms with van der Waals surface area (Å²) in [5, 5.41) is 18.7. The zero-order valence-corrected chi connectivity index (χ0v) is 12.2. The van der Waals surface area contributed by atoms with Crippen molar-refractivity contribution < 1.29 is 19.8 Å². The van der Waals surface area contributed by atoms with Crippen molar-refractivity contribution in [2.45, 2.75) is 29.9 Å². The summed E-state index contributed by atoms with van der Waals surface area (Å²) in [5.41, 5.74) is 0. The number of aliphatic carboxylic acids is 1. The van der Waals surface area contributed by atoms with E-state index in [-0.39, 0.29) is 17.6 Å². The summed E-state index contributed by atoms with van der Waals surface area (Å²) in [5.74, 6) is 1.36. The van der Waals surface area contributed by atoms with Crippen LogP contribution >= 0.6 is 23.5 Å². The molecule has 1 heterocycles. The van der Waals surface area contributed by atoms with Crippen LogP contribution in [0.2, 0.25) is 0 Å². The molecular formula is C13H18O4S2. The maximum atomic E-state index is 11.7. The summed E-state index contributed by atoms with van der Waals surface area (Å²) < 4.78 is 0.359. The largest absolute Gasteiger partial charge is 0.478 e. The molecule has 0 aromatic carbocycles.